The van der Waals surface area contributed by atoms with Crippen LogP contribution in [0.2, 0.25) is 0 Å². The lowest BCUT2D eigenvalue weighted by Gasteiger charge is -2.36. The first kappa shape index (κ1) is 20.0. The summed E-state index contributed by atoms with van der Waals surface area (Å²) in [5.74, 6) is 0.0216. The van der Waals surface area contributed by atoms with Crippen molar-refractivity contribution < 1.29 is 4.79 Å². The van der Waals surface area contributed by atoms with Crippen molar-refractivity contribution in [1.29, 1.82) is 0 Å². The Morgan fingerprint density at radius 2 is 1.81 bits per heavy atom. The molecule has 1 aromatic rings. The van der Waals surface area contributed by atoms with Crippen LogP contribution in [0.25, 0.3) is 0 Å². The van der Waals surface area contributed by atoms with Crippen LogP contribution in [-0.2, 0) is 11.3 Å². The fourth-order valence-corrected chi connectivity index (χ4v) is 3.18. The Morgan fingerprint density at radius 1 is 1.19 bits per heavy atom. The van der Waals surface area contributed by atoms with E-state index in [2.05, 4.69) is 34.2 Å². The maximum atomic E-state index is 12.4. The van der Waals surface area contributed by atoms with Crippen molar-refractivity contribution >= 4 is 11.6 Å². The first-order valence-corrected chi connectivity index (χ1v) is 9.13. The van der Waals surface area contributed by atoms with E-state index in [0.717, 1.165) is 32.5 Å². The SMILES string of the molecule is CC(=NCC(=O)N(C)C1CCN(Cc2ccccc2)CC1)C(N)=C(C)N. The molecule has 142 valence electrons. The smallest absolute Gasteiger partial charge is 0.244 e. The van der Waals surface area contributed by atoms with Crippen LogP contribution in [0.5, 0.6) is 0 Å². The van der Waals surface area contributed by atoms with Gasteiger partial charge in [-0.05, 0) is 32.3 Å². The number of rotatable bonds is 6. The minimum atomic E-state index is 0.0216. The maximum absolute atomic E-state index is 12.4. The Morgan fingerprint density at radius 3 is 2.38 bits per heavy atom. The standard InChI is InChI=1S/C20H31N5O/c1-15(21)20(22)16(2)23-13-19(26)24(3)18-9-11-25(12-10-18)14-17-7-5-4-6-8-17/h4-8,18H,9-14,21-22H2,1-3H3. The molecule has 0 aromatic heterocycles. The second-order valence-corrected chi connectivity index (χ2v) is 7.00. The third-order valence-corrected chi connectivity index (χ3v) is 5.01. The molecule has 1 aliphatic rings. The van der Waals surface area contributed by atoms with Crippen molar-refractivity contribution in [1.82, 2.24) is 9.80 Å². The number of carbonyl (C=O) groups excluding carboxylic acids is 1. The van der Waals surface area contributed by atoms with Gasteiger partial charge in [-0.2, -0.15) is 0 Å². The molecule has 0 saturated carbocycles. The molecule has 6 heteroatoms. The van der Waals surface area contributed by atoms with Crippen LogP contribution in [0.1, 0.15) is 32.3 Å². The van der Waals surface area contributed by atoms with E-state index >= 15 is 0 Å². The number of allylic oxidation sites excluding steroid dienone is 2. The second kappa shape index (κ2) is 9.38. The Labute approximate surface area is 156 Å². The van der Waals surface area contributed by atoms with Crippen molar-refractivity contribution in [3.05, 3.63) is 47.3 Å². The molecule has 2 rings (SSSR count). The van der Waals surface area contributed by atoms with Gasteiger partial charge in [0.05, 0.1) is 11.4 Å². The topological polar surface area (TPSA) is 88.0 Å². The number of hydrogen-bond acceptors (Lipinski definition) is 5. The van der Waals surface area contributed by atoms with Gasteiger partial charge < -0.3 is 16.4 Å². The lowest BCUT2D eigenvalue weighted by atomic mass is 10.0. The fraction of sp³-hybridized carbons (Fsp3) is 0.500. The number of nitrogens with zero attached hydrogens (tertiary/aromatic N) is 3. The predicted octanol–water partition coefficient (Wildman–Crippen LogP) is 1.72. The number of hydrogen-bond donors (Lipinski definition) is 2. The van der Waals surface area contributed by atoms with Gasteiger partial charge in [0.25, 0.3) is 0 Å². The quantitative estimate of drug-likeness (QED) is 0.759. The van der Waals surface area contributed by atoms with Crippen LogP contribution in [-0.4, -0.2) is 54.1 Å². The highest BCUT2D eigenvalue weighted by Crippen LogP contribution is 2.17. The molecule has 0 radical (unpaired) electrons. The molecule has 1 aliphatic heterocycles. The molecule has 0 aliphatic carbocycles. The minimum absolute atomic E-state index is 0.0216. The summed E-state index contributed by atoms with van der Waals surface area (Å²) in [7, 11) is 1.87. The Balaban J connectivity index is 1.82. The number of likely N-dealkylation sites (N-methyl/N-ethyl adjacent to an activating group) is 1. The highest BCUT2D eigenvalue weighted by Gasteiger charge is 2.25. The molecule has 6 nitrogen and oxygen atoms in total. The van der Waals surface area contributed by atoms with Crippen molar-refractivity contribution in [2.24, 2.45) is 16.5 Å². The van der Waals surface area contributed by atoms with Gasteiger partial charge in [0.15, 0.2) is 0 Å². The third-order valence-electron chi connectivity index (χ3n) is 5.01. The number of amides is 1. The molecular weight excluding hydrogens is 326 g/mol. The molecule has 0 unspecified atom stereocenters. The summed E-state index contributed by atoms with van der Waals surface area (Å²) in [5, 5.41) is 0. The first-order chi connectivity index (χ1) is 12.4. The number of likely N-dealkylation sites (tertiary alicyclic amines) is 1. The lowest BCUT2D eigenvalue weighted by molar-refractivity contribution is -0.131. The summed E-state index contributed by atoms with van der Waals surface area (Å²) >= 11 is 0. The molecular formula is C20H31N5O. The molecule has 0 bridgehead atoms. The lowest BCUT2D eigenvalue weighted by Crippen LogP contribution is -2.46. The van der Waals surface area contributed by atoms with Crippen LogP contribution in [0.3, 0.4) is 0 Å². The number of aliphatic imine (C=N–C) groups is 1. The highest BCUT2D eigenvalue weighted by molar-refractivity contribution is 5.99. The second-order valence-electron chi connectivity index (χ2n) is 7.00. The summed E-state index contributed by atoms with van der Waals surface area (Å²) in [6, 6.07) is 10.8. The van der Waals surface area contributed by atoms with Gasteiger partial charge in [0, 0.05) is 38.4 Å². The molecule has 26 heavy (non-hydrogen) atoms. The average Bonchev–Trinajstić information content (AvgIpc) is 2.66. The summed E-state index contributed by atoms with van der Waals surface area (Å²) in [6.07, 6.45) is 1.98. The minimum Gasteiger partial charge on any atom is -0.401 e. The van der Waals surface area contributed by atoms with E-state index in [-0.39, 0.29) is 18.5 Å². The summed E-state index contributed by atoms with van der Waals surface area (Å²) < 4.78 is 0. The van der Waals surface area contributed by atoms with Crippen molar-refractivity contribution in [3.63, 3.8) is 0 Å². The third kappa shape index (κ3) is 5.59. The van der Waals surface area contributed by atoms with Gasteiger partial charge in [0.2, 0.25) is 5.91 Å². The summed E-state index contributed by atoms with van der Waals surface area (Å²) in [4.78, 5) is 21.0. The molecule has 0 spiro atoms. The van der Waals surface area contributed by atoms with E-state index in [0.29, 0.717) is 17.1 Å². The molecule has 1 amide bonds. The average molecular weight is 358 g/mol. The Kier molecular flexibility index (Phi) is 7.21. The van der Waals surface area contributed by atoms with Crippen LogP contribution in [0.15, 0.2) is 46.7 Å². The molecule has 0 atom stereocenters. The van der Waals surface area contributed by atoms with Gasteiger partial charge in [-0.25, -0.2) is 0 Å². The number of carbonyl (C=O) groups is 1. The molecule has 1 fully saturated rings. The predicted molar refractivity (Wildman–Crippen MR) is 107 cm³/mol. The monoisotopic (exact) mass is 357 g/mol. The van der Waals surface area contributed by atoms with Gasteiger partial charge >= 0.3 is 0 Å². The number of piperidine rings is 1. The van der Waals surface area contributed by atoms with Crippen molar-refractivity contribution in [3.8, 4) is 0 Å². The van der Waals surface area contributed by atoms with Gasteiger partial charge in [-0.1, -0.05) is 30.3 Å². The Hall–Kier alpha value is -2.34. The van der Waals surface area contributed by atoms with E-state index in [1.165, 1.54) is 5.56 Å². The normalized spacial score (nSPS) is 17.7. The van der Waals surface area contributed by atoms with Gasteiger partial charge in [-0.15, -0.1) is 0 Å². The largest absolute Gasteiger partial charge is 0.401 e. The van der Waals surface area contributed by atoms with E-state index in [1.807, 2.05) is 18.0 Å². The molecule has 1 heterocycles. The van der Waals surface area contributed by atoms with E-state index in [4.69, 9.17) is 11.5 Å². The zero-order valence-corrected chi connectivity index (χ0v) is 16.1. The molecule has 1 aromatic carbocycles. The number of nitrogens with two attached hydrogens (primary N) is 2. The Bertz CT molecular complexity index is 656. The van der Waals surface area contributed by atoms with E-state index < -0.39 is 0 Å². The first-order valence-electron chi connectivity index (χ1n) is 9.13. The van der Waals surface area contributed by atoms with Crippen LogP contribution in [0.4, 0.5) is 0 Å². The zero-order valence-electron chi connectivity index (χ0n) is 16.1. The fourth-order valence-electron chi connectivity index (χ4n) is 3.18. The van der Waals surface area contributed by atoms with Crippen molar-refractivity contribution in [2.75, 3.05) is 26.7 Å². The summed E-state index contributed by atoms with van der Waals surface area (Å²) in [5.41, 5.74) is 14.4. The summed E-state index contributed by atoms with van der Waals surface area (Å²) in [6.45, 7) is 6.59. The zero-order chi connectivity index (χ0) is 19.1. The highest BCUT2D eigenvalue weighted by atomic mass is 16.2. The van der Waals surface area contributed by atoms with Crippen LogP contribution < -0.4 is 11.5 Å². The van der Waals surface area contributed by atoms with Crippen molar-refractivity contribution in [2.45, 2.75) is 39.3 Å². The maximum Gasteiger partial charge on any atom is 0.244 e. The van der Waals surface area contributed by atoms with Gasteiger partial charge in [-0.3, -0.25) is 14.7 Å². The van der Waals surface area contributed by atoms with Crippen LogP contribution >= 0.6 is 0 Å². The van der Waals surface area contributed by atoms with Crippen LogP contribution in [0, 0.1) is 0 Å². The number of benzene rings is 1. The van der Waals surface area contributed by atoms with Gasteiger partial charge in [0.1, 0.15) is 6.54 Å². The molecule has 1 saturated heterocycles. The van der Waals surface area contributed by atoms with E-state index in [9.17, 15) is 4.79 Å². The molecule has 4 N–H and O–H groups in total. The van der Waals surface area contributed by atoms with E-state index in [1.54, 1.807) is 13.8 Å².